The van der Waals surface area contributed by atoms with Crippen molar-refractivity contribution in [1.29, 1.82) is 0 Å². The van der Waals surface area contributed by atoms with Crippen molar-refractivity contribution in [2.75, 3.05) is 18.5 Å². The highest BCUT2D eigenvalue weighted by atomic mass is 16.5. The fraction of sp³-hybridized carbons (Fsp3) is 0.667. The lowest BCUT2D eigenvalue weighted by atomic mass is 10.1. The summed E-state index contributed by atoms with van der Waals surface area (Å²) < 4.78 is 5.46. The molecule has 0 spiro atoms. The molecule has 1 aliphatic heterocycles. The van der Waals surface area contributed by atoms with Gasteiger partial charge in [0.05, 0.1) is 18.9 Å². The van der Waals surface area contributed by atoms with Crippen LogP contribution < -0.4 is 5.32 Å². The van der Waals surface area contributed by atoms with Crippen LogP contribution in [0.1, 0.15) is 43.8 Å². The molecule has 0 bridgehead atoms. The van der Waals surface area contributed by atoms with Crippen molar-refractivity contribution in [1.82, 2.24) is 9.97 Å². The van der Waals surface area contributed by atoms with Crippen molar-refractivity contribution in [3.05, 3.63) is 17.1 Å². The second-order valence-corrected chi connectivity index (χ2v) is 4.34. The molecule has 0 saturated heterocycles. The number of nitrogens with one attached hydrogen (secondary N) is 1. The minimum Gasteiger partial charge on any atom is -0.376 e. The zero-order valence-electron chi connectivity index (χ0n) is 10.2. The number of ether oxygens (including phenoxy) is 1. The molecule has 0 radical (unpaired) electrons. The van der Waals surface area contributed by atoms with Gasteiger partial charge in [-0.05, 0) is 6.92 Å². The summed E-state index contributed by atoms with van der Waals surface area (Å²) in [6.45, 7) is 8.60. The topological polar surface area (TPSA) is 47.0 Å². The summed E-state index contributed by atoms with van der Waals surface area (Å²) >= 11 is 0. The fourth-order valence-corrected chi connectivity index (χ4v) is 1.82. The Bertz CT molecular complexity index is 377. The molecule has 4 heteroatoms. The summed E-state index contributed by atoms with van der Waals surface area (Å²) in [5.74, 6) is 2.25. The van der Waals surface area contributed by atoms with Gasteiger partial charge < -0.3 is 10.1 Å². The fourth-order valence-electron chi connectivity index (χ4n) is 1.82. The number of hydrogen-bond acceptors (Lipinski definition) is 4. The number of rotatable bonds is 3. The predicted molar refractivity (Wildman–Crippen MR) is 63.6 cm³/mol. The van der Waals surface area contributed by atoms with E-state index in [1.807, 2.05) is 0 Å². The molecule has 0 unspecified atom stereocenters. The van der Waals surface area contributed by atoms with Gasteiger partial charge in [0.25, 0.3) is 0 Å². The molecule has 1 aliphatic rings. The highest BCUT2D eigenvalue weighted by Gasteiger charge is 2.18. The third-order valence-electron chi connectivity index (χ3n) is 2.70. The van der Waals surface area contributed by atoms with E-state index in [2.05, 4.69) is 36.1 Å². The van der Waals surface area contributed by atoms with Gasteiger partial charge in [-0.2, -0.15) is 0 Å². The quantitative estimate of drug-likeness (QED) is 0.849. The van der Waals surface area contributed by atoms with E-state index in [4.69, 9.17) is 4.74 Å². The Morgan fingerprint density at radius 1 is 1.38 bits per heavy atom. The van der Waals surface area contributed by atoms with Crippen LogP contribution in [0.3, 0.4) is 0 Å². The molecule has 0 amide bonds. The lowest BCUT2D eigenvalue weighted by Gasteiger charge is -2.20. The first-order chi connectivity index (χ1) is 7.72. The Labute approximate surface area is 96.4 Å². The van der Waals surface area contributed by atoms with Crippen LogP contribution in [0.5, 0.6) is 0 Å². The zero-order chi connectivity index (χ0) is 11.5. The summed E-state index contributed by atoms with van der Waals surface area (Å²) in [6.07, 6.45) is 0.899. The second kappa shape index (κ2) is 4.78. The van der Waals surface area contributed by atoms with Crippen molar-refractivity contribution >= 4 is 5.82 Å². The Balaban J connectivity index is 2.43. The van der Waals surface area contributed by atoms with Gasteiger partial charge >= 0.3 is 0 Å². The van der Waals surface area contributed by atoms with Crippen molar-refractivity contribution in [3.8, 4) is 0 Å². The molecule has 0 aromatic carbocycles. The summed E-state index contributed by atoms with van der Waals surface area (Å²) in [6, 6.07) is 0. The number of nitrogens with zero attached hydrogens (tertiary/aromatic N) is 2. The van der Waals surface area contributed by atoms with Crippen LogP contribution in [-0.4, -0.2) is 23.1 Å². The van der Waals surface area contributed by atoms with Crippen LogP contribution >= 0.6 is 0 Å². The SMILES string of the molecule is CCNc1nc(C(C)C)nc2c1COCC2. The van der Waals surface area contributed by atoms with Gasteiger partial charge in [-0.3, -0.25) is 0 Å². The van der Waals surface area contributed by atoms with Gasteiger partial charge in [0.1, 0.15) is 11.6 Å². The summed E-state index contributed by atoms with van der Waals surface area (Å²) in [5.41, 5.74) is 2.29. The molecule has 0 aliphatic carbocycles. The first-order valence-electron chi connectivity index (χ1n) is 5.93. The minimum atomic E-state index is 0.366. The number of anilines is 1. The maximum Gasteiger partial charge on any atom is 0.135 e. The van der Waals surface area contributed by atoms with Gasteiger partial charge in [-0.1, -0.05) is 13.8 Å². The Kier molecular flexibility index (Phi) is 3.39. The van der Waals surface area contributed by atoms with Crippen molar-refractivity contribution in [3.63, 3.8) is 0 Å². The lowest BCUT2D eigenvalue weighted by Crippen LogP contribution is -2.18. The molecule has 0 atom stereocenters. The number of hydrogen-bond donors (Lipinski definition) is 1. The molecule has 1 aromatic rings. The monoisotopic (exact) mass is 221 g/mol. The maximum absolute atomic E-state index is 5.46. The van der Waals surface area contributed by atoms with Gasteiger partial charge in [0.2, 0.25) is 0 Å². The molecule has 16 heavy (non-hydrogen) atoms. The van der Waals surface area contributed by atoms with Gasteiger partial charge in [0.15, 0.2) is 0 Å². The average molecular weight is 221 g/mol. The highest BCUT2D eigenvalue weighted by Crippen LogP contribution is 2.24. The van der Waals surface area contributed by atoms with E-state index in [1.54, 1.807) is 0 Å². The first kappa shape index (κ1) is 11.3. The van der Waals surface area contributed by atoms with E-state index in [0.717, 1.165) is 42.5 Å². The molecule has 0 saturated carbocycles. The predicted octanol–water partition coefficient (Wildman–Crippen LogP) is 2.10. The molecule has 1 aromatic heterocycles. The van der Waals surface area contributed by atoms with Crippen molar-refractivity contribution in [2.45, 2.75) is 39.7 Å². The number of fused-ring (bicyclic) bond motifs is 1. The van der Waals surface area contributed by atoms with Crippen LogP contribution in [0.15, 0.2) is 0 Å². The minimum absolute atomic E-state index is 0.366. The van der Waals surface area contributed by atoms with Crippen LogP contribution in [0, 0.1) is 0 Å². The zero-order valence-corrected chi connectivity index (χ0v) is 10.2. The highest BCUT2D eigenvalue weighted by molar-refractivity contribution is 5.47. The average Bonchev–Trinajstić information content (AvgIpc) is 2.29. The number of aromatic nitrogens is 2. The van der Waals surface area contributed by atoms with Gasteiger partial charge in [-0.25, -0.2) is 9.97 Å². The molecular formula is C12H19N3O. The van der Waals surface area contributed by atoms with Crippen molar-refractivity contribution < 1.29 is 4.74 Å². The molecular weight excluding hydrogens is 202 g/mol. The maximum atomic E-state index is 5.46. The summed E-state index contributed by atoms with van der Waals surface area (Å²) in [7, 11) is 0. The van der Waals surface area contributed by atoms with Gasteiger partial charge in [-0.15, -0.1) is 0 Å². The Morgan fingerprint density at radius 3 is 2.88 bits per heavy atom. The van der Waals surface area contributed by atoms with E-state index in [0.29, 0.717) is 12.5 Å². The smallest absolute Gasteiger partial charge is 0.135 e. The van der Waals surface area contributed by atoms with Crippen molar-refractivity contribution in [2.24, 2.45) is 0 Å². The third kappa shape index (κ3) is 2.16. The Morgan fingerprint density at radius 2 is 2.19 bits per heavy atom. The molecule has 4 nitrogen and oxygen atoms in total. The molecule has 2 rings (SSSR count). The molecule has 88 valence electrons. The summed E-state index contributed by atoms with van der Waals surface area (Å²) in [4.78, 5) is 9.20. The normalized spacial score (nSPS) is 15.0. The Hall–Kier alpha value is -1.16. The van der Waals surface area contributed by atoms with E-state index in [9.17, 15) is 0 Å². The summed E-state index contributed by atoms with van der Waals surface area (Å²) in [5, 5.41) is 3.30. The van der Waals surface area contributed by atoms with E-state index in [-0.39, 0.29) is 0 Å². The van der Waals surface area contributed by atoms with E-state index < -0.39 is 0 Å². The third-order valence-corrected chi connectivity index (χ3v) is 2.70. The van der Waals surface area contributed by atoms with Crippen LogP contribution in [0.2, 0.25) is 0 Å². The van der Waals surface area contributed by atoms with E-state index in [1.165, 1.54) is 0 Å². The molecule has 1 N–H and O–H groups in total. The lowest BCUT2D eigenvalue weighted by molar-refractivity contribution is 0.109. The second-order valence-electron chi connectivity index (χ2n) is 4.34. The molecule has 2 heterocycles. The van der Waals surface area contributed by atoms with E-state index >= 15 is 0 Å². The van der Waals surface area contributed by atoms with Crippen LogP contribution in [0.25, 0.3) is 0 Å². The molecule has 0 fully saturated rings. The van der Waals surface area contributed by atoms with Gasteiger partial charge in [0, 0.05) is 24.4 Å². The standard InChI is InChI=1S/C12H19N3O/c1-4-13-12-9-7-16-6-5-10(9)14-11(15-12)8(2)3/h8H,4-7H2,1-3H3,(H,13,14,15). The first-order valence-corrected chi connectivity index (χ1v) is 5.93. The van der Waals surface area contributed by atoms with Crippen LogP contribution in [0.4, 0.5) is 5.82 Å². The van der Waals surface area contributed by atoms with Crippen LogP contribution in [-0.2, 0) is 17.8 Å². The largest absolute Gasteiger partial charge is 0.376 e.